The SMILES string of the molecule is CC1(C)NC(=O)C2CN(CCC(O)c3cn(Cc4ccccc4)c4ccccc34)CCN2C1=O. The first kappa shape index (κ1) is 22.6. The predicted molar refractivity (Wildman–Crippen MR) is 131 cm³/mol. The standard InChI is InChI=1S/C27H32N4O3/c1-27(2)26(34)31-15-14-29(18-23(31)25(33)28-27)13-12-24(32)21-17-30(16-19-8-4-3-5-9-19)22-11-7-6-10-20(21)22/h3-11,17,23-24,32H,12-16,18H2,1-2H3,(H,28,33). The summed E-state index contributed by atoms with van der Waals surface area (Å²) in [4.78, 5) is 29.2. The van der Waals surface area contributed by atoms with E-state index >= 15 is 0 Å². The van der Waals surface area contributed by atoms with E-state index in [2.05, 4.69) is 45.2 Å². The Balaban J connectivity index is 1.27. The van der Waals surface area contributed by atoms with Gasteiger partial charge in [-0.3, -0.25) is 14.5 Å². The molecule has 0 spiro atoms. The van der Waals surface area contributed by atoms with Crippen molar-refractivity contribution in [2.45, 2.75) is 44.5 Å². The third kappa shape index (κ3) is 4.21. The van der Waals surface area contributed by atoms with Gasteiger partial charge in [-0.05, 0) is 31.9 Å². The summed E-state index contributed by atoms with van der Waals surface area (Å²) in [6.45, 7) is 6.64. The summed E-state index contributed by atoms with van der Waals surface area (Å²) in [5.74, 6) is -0.123. The Morgan fingerprint density at radius 3 is 2.59 bits per heavy atom. The van der Waals surface area contributed by atoms with E-state index < -0.39 is 17.7 Å². The number of nitrogens with zero attached hydrogens (tertiary/aromatic N) is 3. The zero-order valence-electron chi connectivity index (χ0n) is 19.8. The van der Waals surface area contributed by atoms with Gasteiger partial charge in [-0.1, -0.05) is 48.5 Å². The van der Waals surface area contributed by atoms with E-state index in [1.807, 2.05) is 30.3 Å². The highest BCUT2D eigenvalue weighted by atomic mass is 16.3. The van der Waals surface area contributed by atoms with Crippen LogP contribution in [0, 0.1) is 0 Å². The lowest BCUT2D eigenvalue weighted by molar-refractivity contribution is -0.157. The average Bonchev–Trinajstić information content (AvgIpc) is 3.20. The number of benzene rings is 2. The smallest absolute Gasteiger partial charge is 0.248 e. The van der Waals surface area contributed by atoms with Gasteiger partial charge in [0.2, 0.25) is 11.8 Å². The number of nitrogens with one attached hydrogen (secondary N) is 1. The molecular weight excluding hydrogens is 428 g/mol. The highest BCUT2D eigenvalue weighted by molar-refractivity contribution is 5.99. The monoisotopic (exact) mass is 460 g/mol. The first-order valence-electron chi connectivity index (χ1n) is 12.0. The largest absolute Gasteiger partial charge is 0.388 e. The van der Waals surface area contributed by atoms with Crippen LogP contribution in [0.4, 0.5) is 0 Å². The maximum atomic E-state index is 12.7. The van der Waals surface area contributed by atoms with Crippen LogP contribution in [0.1, 0.15) is 37.5 Å². The topological polar surface area (TPSA) is 77.8 Å². The van der Waals surface area contributed by atoms with E-state index in [1.54, 1.807) is 18.7 Å². The zero-order chi connectivity index (χ0) is 23.9. The minimum atomic E-state index is -0.847. The van der Waals surface area contributed by atoms with E-state index in [0.29, 0.717) is 32.6 Å². The molecule has 3 aromatic rings. The number of fused-ring (bicyclic) bond motifs is 2. The first-order chi connectivity index (χ1) is 16.3. The fraction of sp³-hybridized carbons (Fsp3) is 0.407. The van der Waals surface area contributed by atoms with Crippen LogP contribution in [0.3, 0.4) is 0 Å². The number of carbonyl (C=O) groups excluding carboxylic acids is 2. The summed E-state index contributed by atoms with van der Waals surface area (Å²) in [5, 5.41) is 15.1. The molecule has 2 aliphatic heterocycles. The van der Waals surface area contributed by atoms with Gasteiger partial charge in [-0.15, -0.1) is 0 Å². The predicted octanol–water partition coefficient (Wildman–Crippen LogP) is 2.53. The molecule has 2 N–H and O–H groups in total. The van der Waals surface area contributed by atoms with Gasteiger partial charge in [-0.2, -0.15) is 0 Å². The Morgan fingerprint density at radius 1 is 1.06 bits per heavy atom. The van der Waals surface area contributed by atoms with Gasteiger partial charge in [0.05, 0.1) is 6.10 Å². The number of aliphatic hydroxyl groups excluding tert-OH is 1. The number of carbonyl (C=O) groups is 2. The molecule has 2 unspecified atom stereocenters. The van der Waals surface area contributed by atoms with Crippen molar-refractivity contribution in [1.82, 2.24) is 19.7 Å². The van der Waals surface area contributed by atoms with Gasteiger partial charge in [0.15, 0.2) is 0 Å². The molecule has 0 bridgehead atoms. The number of amides is 2. The molecule has 1 aromatic heterocycles. The molecule has 2 aliphatic rings. The van der Waals surface area contributed by atoms with Gasteiger partial charge in [0.1, 0.15) is 11.6 Å². The van der Waals surface area contributed by atoms with Crippen LogP contribution in [0.15, 0.2) is 60.8 Å². The van der Waals surface area contributed by atoms with E-state index in [1.165, 1.54) is 5.56 Å². The van der Waals surface area contributed by atoms with E-state index in [-0.39, 0.29) is 11.8 Å². The molecule has 2 saturated heterocycles. The second kappa shape index (κ2) is 8.89. The van der Waals surface area contributed by atoms with Crippen molar-refractivity contribution in [3.05, 3.63) is 71.9 Å². The number of aliphatic hydroxyl groups is 1. The fourth-order valence-corrected chi connectivity index (χ4v) is 5.23. The Bertz CT molecular complexity index is 1200. The van der Waals surface area contributed by atoms with Crippen LogP contribution in [0.2, 0.25) is 0 Å². The van der Waals surface area contributed by atoms with Gasteiger partial charge in [-0.25, -0.2) is 0 Å². The summed E-state index contributed by atoms with van der Waals surface area (Å²) in [5.41, 5.74) is 2.40. The molecule has 7 nitrogen and oxygen atoms in total. The number of hydrogen-bond donors (Lipinski definition) is 2. The zero-order valence-corrected chi connectivity index (χ0v) is 19.8. The van der Waals surface area contributed by atoms with E-state index in [0.717, 1.165) is 23.0 Å². The lowest BCUT2D eigenvalue weighted by Gasteiger charge is -2.47. The lowest BCUT2D eigenvalue weighted by Crippen LogP contribution is -2.72. The minimum absolute atomic E-state index is 0.0250. The van der Waals surface area contributed by atoms with Gasteiger partial charge >= 0.3 is 0 Å². The molecule has 7 heteroatoms. The second-order valence-electron chi connectivity index (χ2n) is 9.95. The minimum Gasteiger partial charge on any atom is -0.388 e. The molecule has 178 valence electrons. The van der Waals surface area contributed by atoms with Crippen molar-refractivity contribution in [3.63, 3.8) is 0 Å². The third-order valence-electron chi connectivity index (χ3n) is 7.09. The van der Waals surface area contributed by atoms with Crippen LogP contribution >= 0.6 is 0 Å². The summed E-state index contributed by atoms with van der Waals surface area (Å²) < 4.78 is 2.20. The maximum absolute atomic E-state index is 12.7. The molecule has 0 saturated carbocycles. The number of rotatable bonds is 6. The summed E-state index contributed by atoms with van der Waals surface area (Å²) in [7, 11) is 0. The van der Waals surface area contributed by atoms with Crippen LogP contribution < -0.4 is 5.32 Å². The summed E-state index contributed by atoms with van der Waals surface area (Å²) >= 11 is 0. The average molecular weight is 461 g/mol. The number of aromatic nitrogens is 1. The number of piperazine rings is 2. The normalized spacial score (nSPS) is 21.4. The van der Waals surface area contributed by atoms with Gasteiger partial charge < -0.3 is 19.9 Å². The van der Waals surface area contributed by atoms with Gasteiger partial charge in [0.25, 0.3) is 0 Å². The highest BCUT2D eigenvalue weighted by Gasteiger charge is 2.47. The van der Waals surface area contributed by atoms with Crippen LogP contribution in [-0.2, 0) is 16.1 Å². The quantitative estimate of drug-likeness (QED) is 0.593. The lowest BCUT2D eigenvalue weighted by atomic mass is 9.95. The van der Waals surface area contributed by atoms with Crippen molar-refractivity contribution < 1.29 is 14.7 Å². The molecular formula is C27H32N4O3. The fourth-order valence-electron chi connectivity index (χ4n) is 5.23. The van der Waals surface area contributed by atoms with Crippen molar-refractivity contribution in [1.29, 1.82) is 0 Å². The van der Waals surface area contributed by atoms with Crippen LogP contribution in [0.5, 0.6) is 0 Å². The molecule has 34 heavy (non-hydrogen) atoms. The van der Waals surface area contributed by atoms with E-state index in [9.17, 15) is 14.7 Å². The molecule has 5 rings (SSSR count). The third-order valence-corrected chi connectivity index (χ3v) is 7.09. The van der Waals surface area contributed by atoms with Crippen LogP contribution in [0.25, 0.3) is 10.9 Å². The molecule has 3 heterocycles. The molecule has 2 fully saturated rings. The Hall–Kier alpha value is -3.16. The van der Waals surface area contributed by atoms with Crippen molar-refractivity contribution in [2.24, 2.45) is 0 Å². The van der Waals surface area contributed by atoms with E-state index in [4.69, 9.17) is 0 Å². The molecule has 2 atom stereocenters. The van der Waals surface area contributed by atoms with Gasteiger partial charge in [0, 0.05) is 55.4 Å². The summed E-state index contributed by atoms with van der Waals surface area (Å²) in [6.07, 6.45) is 2.02. The maximum Gasteiger partial charge on any atom is 0.248 e. The highest BCUT2D eigenvalue weighted by Crippen LogP contribution is 2.30. The Kier molecular flexibility index (Phi) is 5.91. The molecule has 2 aromatic carbocycles. The molecule has 2 amide bonds. The number of hydrogen-bond acceptors (Lipinski definition) is 4. The Morgan fingerprint density at radius 2 is 1.79 bits per heavy atom. The second-order valence-corrected chi connectivity index (χ2v) is 9.95. The molecule has 0 aliphatic carbocycles. The Labute approximate surface area is 200 Å². The first-order valence-corrected chi connectivity index (χ1v) is 12.0. The van der Waals surface area contributed by atoms with Crippen LogP contribution in [-0.4, -0.2) is 69.0 Å². The number of para-hydroxylation sites is 1. The summed E-state index contributed by atoms with van der Waals surface area (Å²) in [6, 6.07) is 18.0. The van der Waals surface area contributed by atoms with Crippen molar-refractivity contribution in [2.75, 3.05) is 26.2 Å². The molecule has 0 radical (unpaired) electrons. The van der Waals surface area contributed by atoms with Crippen molar-refractivity contribution in [3.8, 4) is 0 Å². The van der Waals surface area contributed by atoms with Crippen molar-refractivity contribution >= 4 is 22.7 Å².